The van der Waals surface area contributed by atoms with Crippen LogP contribution in [0.2, 0.25) is 15.1 Å². The second-order valence-corrected chi connectivity index (χ2v) is 7.12. The summed E-state index contributed by atoms with van der Waals surface area (Å²) in [6.45, 7) is 0.401. The molecule has 136 valence electrons. The molecule has 2 aromatic carbocycles. The molecule has 1 aliphatic heterocycles. The fourth-order valence-corrected chi connectivity index (χ4v) is 3.46. The summed E-state index contributed by atoms with van der Waals surface area (Å²) in [6, 6.07) is 8.18. The van der Waals surface area contributed by atoms with Crippen LogP contribution in [0.5, 0.6) is 0 Å². The Morgan fingerprint density at radius 3 is 2.65 bits per heavy atom. The summed E-state index contributed by atoms with van der Waals surface area (Å²) in [5.41, 5.74) is 0.204. The number of anilines is 1. The van der Waals surface area contributed by atoms with Crippen molar-refractivity contribution in [3.05, 3.63) is 62.8 Å². The van der Waals surface area contributed by atoms with E-state index in [0.717, 1.165) is 0 Å². The molecule has 1 fully saturated rings. The first-order chi connectivity index (χ1) is 12.4. The Bertz CT molecular complexity index is 876. The summed E-state index contributed by atoms with van der Waals surface area (Å²) in [5, 5.41) is 3.04. The van der Waals surface area contributed by atoms with Crippen molar-refractivity contribution < 1.29 is 14.0 Å². The van der Waals surface area contributed by atoms with Crippen molar-refractivity contribution in [2.75, 3.05) is 11.9 Å². The number of amides is 2. The number of carbonyl (C=O) groups is 2. The molecule has 8 heteroatoms. The summed E-state index contributed by atoms with van der Waals surface area (Å²) in [7, 11) is 0. The Kier molecular flexibility index (Phi) is 5.70. The van der Waals surface area contributed by atoms with Gasteiger partial charge in [0.2, 0.25) is 5.91 Å². The van der Waals surface area contributed by atoms with Gasteiger partial charge in [-0.05, 0) is 43.2 Å². The Labute approximate surface area is 164 Å². The van der Waals surface area contributed by atoms with Crippen LogP contribution in [-0.2, 0) is 4.79 Å². The third-order valence-corrected chi connectivity index (χ3v) is 5.04. The van der Waals surface area contributed by atoms with Crippen molar-refractivity contribution in [2.24, 2.45) is 0 Å². The van der Waals surface area contributed by atoms with Gasteiger partial charge in [0.15, 0.2) is 5.82 Å². The van der Waals surface area contributed by atoms with E-state index in [1.165, 1.54) is 35.2 Å². The molecule has 1 N–H and O–H groups in total. The van der Waals surface area contributed by atoms with Crippen molar-refractivity contribution in [3.63, 3.8) is 0 Å². The fourth-order valence-electron chi connectivity index (χ4n) is 2.91. The molecule has 0 aliphatic carbocycles. The lowest BCUT2D eigenvalue weighted by Crippen LogP contribution is -2.43. The summed E-state index contributed by atoms with van der Waals surface area (Å²) in [4.78, 5) is 26.8. The topological polar surface area (TPSA) is 49.4 Å². The van der Waals surface area contributed by atoms with Crippen LogP contribution in [0.3, 0.4) is 0 Å². The van der Waals surface area contributed by atoms with Crippen molar-refractivity contribution in [1.82, 2.24) is 4.90 Å². The van der Waals surface area contributed by atoms with E-state index in [1.54, 1.807) is 6.07 Å². The molecular weight excluding hydrogens is 402 g/mol. The number of carbonyl (C=O) groups excluding carboxylic acids is 2. The number of hydrogen-bond acceptors (Lipinski definition) is 2. The van der Waals surface area contributed by atoms with Crippen molar-refractivity contribution in [1.29, 1.82) is 0 Å². The number of halogens is 4. The lowest BCUT2D eigenvalue weighted by Gasteiger charge is -2.24. The Morgan fingerprint density at radius 2 is 1.88 bits per heavy atom. The highest BCUT2D eigenvalue weighted by Crippen LogP contribution is 2.28. The van der Waals surface area contributed by atoms with E-state index in [9.17, 15) is 14.0 Å². The highest BCUT2D eigenvalue weighted by Gasteiger charge is 2.35. The van der Waals surface area contributed by atoms with Gasteiger partial charge in [-0.25, -0.2) is 4.39 Å². The maximum Gasteiger partial charge on any atom is 0.256 e. The Balaban J connectivity index is 1.81. The summed E-state index contributed by atoms with van der Waals surface area (Å²) < 4.78 is 14.0. The molecule has 1 atom stereocenters. The molecule has 4 nitrogen and oxygen atoms in total. The monoisotopic (exact) mass is 414 g/mol. The highest BCUT2D eigenvalue weighted by molar-refractivity contribution is 6.35. The highest BCUT2D eigenvalue weighted by atomic mass is 35.5. The molecule has 0 bridgehead atoms. The second-order valence-electron chi connectivity index (χ2n) is 5.87. The first kappa shape index (κ1) is 19.0. The van der Waals surface area contributed by atoms with Crippen LogP contribution in [0.25, 0.3) is 0 Å². The van der Waals surface area contributed by atoms with E-state index in [1.807, 2.05) is 0 Å². The fraction of sp³-hybridized carbons (Fsp3) is 0.222. The average Bonchev–Trinajstić information content (AvgIpc) is 3.10. The van der Waals surface area contributed by atoms with E-state index in [-0.39, 0.29) is 27.2 Å². The van der Waals surface area contributed by atoms with Crippen LogP contribution in [-0.4, -0.2) is 29.3 Å². The van der Waals surface area contributed by atoms with Crippen LogP contribution >= 0.6 is 34.8 Å². The molecule has 26 heavy (non-hydrogen) atoms. The normalized spacial score (nSPS) is 16.6. The van der Waals surface area contributed by atoms with Crippen LogP contribution in [0, 0.1) is 5.82 Å². The van der Waals surface area contributed by atoms with Gasteiger partial charge < -0.3 is 10.2 Å². The second kappa shape index (κ2) is 7.82. The van der Waals surface area contributed by atoms with E-state index < -0.39 is 17.8 Å². The van der Waals surface area contributed by atoms with Crippen LogP contribution in [0.15, 0.2) is 36.4 Å². The number of benzene rings is 2. The molecule has 0 aromatic heterocycles. The van der Waals surface area contributed by atoms with Crippen molar-refractivity contribution >= 4 is 52.3 Å². The lowest BCUT2D eigenvalue weighted by molar-refractivity contribution is -0.119. The van der Waals surface area contributed by atoms with Gasteiger partial charge in [-0.2, -0.15) is 0 Å². The van der Waals surface area contributed by atoms with Crippen molar-refractivity contribution in [3.8, 4) is 0 Å². The molecule has 0 saturated carbocycles. The largest absolute Gasteiger partial charge is 0.327 e. The van der Waals surface area contributed by atoms with Gasteiger partial charge in [0.25, 0.3) is 5.91 Å². The SMILES string of the molecule is O=C(Nc1cccc(Cl)c1F)C1CCCN1C(=O)c1cc(Cl)ccc1Cl. The minimum atomic E-state index is -0.726. The van der Waals surface area contributed by atoms with Gasteiger partial charge in [-0.3, -0.25) is 9.59 Å². The standard InChI is InChI=1S/C18H14Cl3FN2O2/c19-10-6-7-12(20)11(9-10)18(26)24-8-2-5-15(24)17(25)23-14-4-1-3-13(21)16(14)22/h1,3-4,6-7,9,15H,2,5,8H2,(H,23,25). The Morgan fingerprint density at radius 1 is 1.12 bits per heavy atom. The number of likely N-dealkylation sites (tertiary alicyclic amines) is 1. The van der Waals surface area contributed by atoms with E-state index in [0.29, 0.717) is 24.4 Å². The smallest absolute Gasteiger partial charge is 0.256 e. The molecule has 1 heterocycles. The zero-order valence-electron chi connectivity index (χ0n) is 13.4. The first-order valence-electron chi connectivity index (χ1n) is 7.89. The number of nitrogens with one attached hydrogen (secondary N) is 1. The third kappa shape index (κ3) is 3.80. The maximum absolute atomic E-state index is 14.0. The van der Waals surface area contributed by atoms with E-state index >= 15 is 0 Å². The predicted octanol–water partition coefficient (Wildman–Crippen LogP) is 5.03. The van der Waals surface area contributed by atoms with Gasteiger partial charge in [0.05, 0.1) is 21.3 Å². The zero-order chi connectivity index (χ0) is 18.8. The van der Waals surface area contributed by atoms with Crippen LogP contribution < -0.4 is 5.32 Å². The molecule has 1 aliphatic rings. The summed E-state index contributed by atoms with van der Waals surface area (Å²) in [6.07, 6.45) is 1.12. The molecule has 3 rings (SSSR count). The molecule has 2 aromatic rings. The minimum absolute atomic E-state index is 0.0254. The molecule has 2 amide bonds. The molecule has 1 saturated heterocycles. The van der Waals surface area contributed by atoms with Gasteiger partial charge in [-0.15, -0.1) is 0 Å². The average molecular weight is 416 g/mol. The minimum Gasteiger partial charge on any atom is -0.327 e. The lowest BCUT2D eigenvalue weighted by atomic mass is 10.1. The van der Waals surface area contributed by atoms with Crippen LogP contribution in [0.4, 0.5) is 10.1 Å². The van der Waals surface area contributed by atoms with Crippen LogP contribution in [0.1, 0.15) is 23.2 Å². The predicted molar refractivity (Wildman–Crippen MR) is 101 cm³/mol. The summed E-state index contributed by atoms with van der Waals surface area (Å²) in [5.74, 6) is -1.58. The maximum atomic E-state index is 14.0. The third-order valence-electron chi connectivity index (χ3n) is 4.18. The van der Waals surface area contributed by atoms with Gasteiger partial charge >= 0.3 is 0 Å². The van der Waals surface area contributed by atoms with E-state index in [4.69, 9.17) is 34.8 Å². The number of hydrogen-bond donors (Lipinski definition) is 1. The van der Waals surface area contributed by atoms with Gasteiger partial charge in [-0.1, -0.05) is 40.9 Å². The molecule has 0 radical (unpaired) electrons. The first-order valence-corrected chi connectivity index (χ1v) is 9.03. The molecule has 1 unspecified atom stereocenters. The van der Waals surface area contributed by atoms with Gasteiger partial charge in [0.1, 0.15) is 6.04 Å². The Hall–Kier alpha value is -1.82. The molecular formula is C18H14Cl3FN2O2. The number of nitrogens with zero attached hydrogens (tertiary/aromatic N) is 1. The van der Waals surface area contributed by atoms with Gasteiger partial charge in [0, 0.05) is 11.6 Å². The molecule has 0 spiro atoms. The summed E-state index contributed by atoms with van der Waals surface area (Å²) >= 11 is 17.8. The van der Waals surface area contributed by atoms with E-state index in [2.05, 4.69) is 5.32 Å². The number of rotatable bonds is 3. The zero-order valence-corrected chi connectivity index (χ0v) is 15.7. The quantitative estimate of drug-likeness (QED) is 0.764. The van der Waals surface area contributed by atoms with Crippen molar-refractivity contribution in [2.45, 2.75) is 18.9 Å².